The maximum absolute atomic E-state index is 12.8. The van der Waals surface area contributed by atoms with E-state index in [0.717, 1.165) is 42.9 Å². The van der Waals surface area contributed by atoms with Crippen LogP contribution in [0.15, 0.2) is 42.5 Å². The molecule has 5 rings (SSSR count). The molecule has 2 aliphatic heterocycles. The van der Waals surface area contributed by atoms with Crippen molar-refractivity contribution in [2.24, 2.45) is 0 Å². The molecule has 0 saturated carbocycles. The van der Waals surface area contributed by atoms with Gasteiger partial charge in [-0.15, -0.1) is 11.3 Å². The van der Waals surface area contributed by atoms with Crippen LogP contribution in [-0.4, -0.2) is 36.8 Å². The van der Waals surface area contributed by atoms with Crippen LogP contribution in [0.25, 0.3) is 10.2 Å². The van der Waals surface area contributed by atoms with Gasteiger partial charge in [0.25, 0.3) is 5.91 Å². The summed E-state index contributed by atoms with van der Waals surface area (Å²) in [6, 6.07) is 13.7. The summed E-state index contributed by atoms with van der Waals surface area (Å²) in [5, 5.41) is 4.26. The third-order valence-corrected chi connectivity index (χ3v) is 7.13. The molecule has 1 aromatic heterocycles. The first kappa shape index (κ1) is 18.4. The van der Waals surface area contributed by atoms with E-state index in [1.165, 1.54) is 14.6 Å². The van der Waals surface area contributed by atoms with Gasteiger partial charge in [-0.1, -0.05) is 12.1 Å². The number of rotatable bonds is 4. The van der Waals surface area contributed by atoms with Gasteiger partial charge in [-0.25, -0.2) is 4.98 Å². The molecule has 7 heteroatoms. The van der Waals surface area contributed by atoms with Crippen LogP contribution >= 0.6 is 11.3 Å². The molecule has 3 aromatic rings. The fourth-order valence-electron chi connectivity index (χ4n) is 4.14. The summed E-state index contributed by atoms with van der Waals surface area (Å²) in [4.78, 5) is 18.9. The number of hydrogen-bond acceptors (Lipinski definition) is 5. The number of carbonyl (C=O) groups is 1. The van der Waals surface area contributed by atoms with E-state index >= 15 is 0 Å². The molecule has 1 amide bonds. The quantitative estimate of drug-likeness (QED) is 0.694. The molecule has 2 aromatic carbocycles. The predicted octanol–water partition coefficient (Wildman–Crippen LogP) is 2.81. The van der Waals surface area contributed by atoms with Crippen LogP contribution in [0.2, 0.25) is 0 Å². The first-order valence-corrected chi connectivity index (χ1v) is 10.9. The summed E-state index contributed by atoms with van der Waals surface area (Å²) in [5.74, 6) is 1.94. The van der Waals surface area contributed by atoms with Crippen LogP contribution < -0.4 is 19.7 Å². The molecule has 150 valence electrons. The predicted molar refractivity (Wildman–Crippen MR) is 113 cm³/mol. The van der Waals surface area contributed by atoms with Crippen molar-refractivity contribution in [3.8, 4) is 11.5 Å². The van der Waals surface area contributed by atoms with Crippen molar-refractivity contribution in [1.82, 2.24) is 4.98 Å². The number of piperidine rings is 1. The molecule has 6 nitrogen and oxygen atoms in total. The standard InChI is InChI=1S/C22H23N3O3S/c1-14(21(26)23-16-6-7-18-19(12-16)28-13-27-18)25-10-8-15(9-11-25)22-24-17-4-2-3-5-20(17)29-22/h2-7,12,14-15H,8-11,13H2,1H3,(H,23,26)/p+1/t14-/m0/s1. The Bertz CT molecular complexity index is 1010. The molecule has 29 heavy (non-hydrogen) atoms. The van der Waals surface area contributed by atoms with Gasteiger partial charge in [0.15, 0.2) is 17.5 Å². The number of thiazole rings is 1. The van der Waals surface area contributed by atoms with Crippen LogP contribution in [0.3, 0.4) is 0 Å². The molecule has 0 bridgehead atoms. The van der Waals surface area contributed by atoms with E-state index in [9.17, 15) is 4.79 Å². The van der Waals surface area contributed by atoms with Gasteiger partial charge in [0, 0.05) is 30.5 Å². The molecule has 3 heterocycles. The minimum atomic E-state index is -0.100. The Morgan fingerprint density at radius 2 is 1.97 bits per heavy atom. The summed E-state index contributed by atoms with van der Waals surface area (Å²) in [5.41, 5.74) is 1.84. The summed E-state index contributed by atoms with van der Waals surface area (Å²) >= 11 is 1.81. The van der Waals surface area contributed by atoms with E-state index in [4.69, 9.17) is 14.5 Å². The third kappa shape index (κ3) is 3.68. The van der Waals surface area contributed by atoms with Gasteiger partial charge in [-0.3, -0.25) is 4.79 Å². The smallest absolute Gasteiger partial charge is 0.282 e. The highest BCUT2D eigenvalue weighted by atomic mass is 32.1. The fraction of sp³-hybridized carbons (Fsp3) is 0.364. The van der Waals surface area contributed by atoms with Crippen molar-refractivity contribution in [2.45, 2.75) is 31.7 Å². The van der Waals surface area contributed by atoms with Crippen molar-refractivity contribution in [3.63, 3.8) is 0 Å². The number of hydrogen-bond donors (Lipinski definition) is 2. The van der Waals surface area contributed by atoms with E-state index < -0.39 is 0 Å². The molecule has 2 N–H and O–H groups in total. The first-order chi connectivity index (χ1) is 14.2. The number of nitrogens with zero attached hydrogens (tertiary/aromatic N) is 1. The monoisotopic (exact) mass is 410 g/mol. The maximum Gasteiger partial charge on any atom is 0.282 e. The number of benzene rings is 2. The Balaban J connectivity index is 1.19. The molecular weight excluding hydrogens is 386 g/mol. The van der Waals surface area contributed by atoms with Gasteiger partial charge < -0.3 is 19.7 Å². The van der Waals surface area contributed by atoms with Crippen LogP contribution in [-0.2, 0) is 4.79 Å². The first-order valence-electron chi connectivity index (χ1n) is 10.1. The van der Waals surface area contributed by atoms with Gasteiger partial charge in [-0.05, 0) is 31.2 Å². The van der Waals surface area contributed by atoms with Gasteiger partial charge >= 0.3 is 0 Å². The van der Waals surface area contributed by atoms with Gasteiger partial charge in [-0.2, -0.15) is 0 Å². The molecular formula is C22H24N3O3S+. The van der Waals surface area contributed by atoms with E-state index in [0.29, 0.717) is 11.7 Å². The third-order valence-electron chi connectivity index (χ3n) is 5.93. The number of ether oxygens (including phenoxy) is 2. The number of aromatic nitrogens is 1. The highest BCUT2D eigenvalue weighted by Crippen LogP contribution is 2.34. The topological polar surface area (TPSA) is 64.9 Å². The van der Waals surface area contributed by atoms with Crippen molar-refractivity contribution in [3.05, 3.63) is 47.5 Å². The van der Waals surface area contributed by atoms with Crippen LogP contribution in [0.4, 0.5) is 5.69 Å². The molecule has 0 radical (unpaired) electrons. The molecule has 0 spiro atoms. The van der Waals surface area contributed by atoms with Crippen molar-refractivity contribution in [2.75, 3.05) is 25.2 Å². The number of anilines is 1. The van der Waals surface area contributed by atoms with E-state index in [1.807, 2.05) is 42.5 Å². The second-order valence-electron chi connectivity index (χ2n) is 7.73. The summed E-state index contributed by atoms with van der Waals surface area (Å²) in [6.45, 7) is 4.21. The largest absolute Gasteiger partial charge is 0.454 e. The lowest BCUT2D eigenvalue weighted by atomic mass is 9.96. The molecule has 2 aliphatic rings. The lowest BCUT2D eigenvalue weighted by Gasteiger charge is -2.31. The minimum absolute atomic E-state index is 0.0392. The number of likely N-dealkylation sites (tertiary alicyclic amines) is 1. The SMILES string of the molecule is C[C@@H](C(=O)Nc1ccc2c(c1)OCO2)[NH+]1CCC(c2nc3ccccc3s2)CC1. The average molecular weight is 411 g/mol. The summed E-state index contributed by atoms with van der Waals surface area (Å²) < 4.78 is 12.0. The number of amides is 1. The second kappa shape index (κ2) is 7.65. The number of carbonyl (C=O) groups excluding carboxylic acids is 1. The number of fused-ring (bicyclic) bond motifs is 2. The van der Waals surface area contributed by atoms with E-state index in [1.54, 1.807) is 0 Å². The lowest BCUT2D eigenvalue weighted by Crippen LogP contribution is -3.17. The zero-order valence-corrected chi connectivity index (χ0v) is 17.1. The maximum atomic E-state index is 12.8. The minimum Gasteiger partial charge on any atom is -0.454 e. The lowest BCUT2D eigenvalue weighted by molar-refractivity contribution is -0.919. The Labute approximate surface area is 173 Å². The molecule has 0 unspecified atom stereocenters. The van der Waals surface area contributed by atoms with Crippen LogP contribution in [0, 0.1) is 0 Å². The van der Waals surface area contributed by atoms with Crippen LogP contribution in [0.5, 0.6) is 11.5 Å². The number of nitrogens with one attached hydrogen (secondary N) is 2. The number of para-hydroxylation sites is 1. The Morgan fingerprint density at radius 1 is 1.17 bits per heavy atom. The molecule has 1 atom stereocenters. The van der Waals surface area contributed by atoms with Gasteiger partial charge in [0.2, 0.25) is 6.79 Å². The van der Waals surface area contributed by atoms with E-state index in [-0.39, 0.29) is 18.7 Å². The zero-order chi connectivity index (χ0) is 19.8. The Kier molecular flexibility index (Phi) is 4.85. The van der Waals surface area contributed by atoms with E-state index in [2.05, 4.69) is 23.5 Å². The van der Waals surface area contributed by atoms with Crippen molar-refractivity contribution >= 4 is 33.1 Å². The van der Waals surface area contributed by atoms with Gasteiger partial charge in [0.1, 0.15) is 0 Å². The number of quaternary nitrogens is 1. The normalized spacial score (nSPS) is 21.8. The highest BCUT2D eigenvalue weighted by molar-refractivity contribution is 7.18. The second-order valence-corrected chi connectivity index (χ2v) is 8.79. The fourth-order valence-corrected chi connectivity index (χ4v) is 5.28. The zero-order valence-electron chi connectivity index (χ0n) is 16.3. The summed E-state index contributed by atoms with van der Waals surface area (Å²) in [7, 11) is 0. The average Bonchev–Trinajstić information content (AvgIpc) is 3.39. The Morgan fingerprint density at radius 3 is 2.79 bits per heavy atom. The molecule has 1 fully saturated rings. The van der Waals surface area contributed by atoms with Crippen molar-refractivity contribution in [1.29, 1.82) is 0 Å². The van der Waals surface area contributed by atoms with Crippen molar-refractivity contribution < 1.29 is 19.2 Å². The van der Waals surface area contributed by atoms with Gasteiger partial charge in [0.05, 0.1) is 28.3 Å². The van der Waals surface area contributed by atoms with Crippen LogP contribution in [0.1, 0.15) is 30.7 Å². The molecule has 0 aliphatic carbocycles. The molecule has 1 saturated heterocycles. The summed E-state index contributed by atoms with van der Waals surface area (Å²) in [6.07, 6.45) is 2.13. The highest BCUT2D eigenvalue weighted by Gasteiger charge is 2.32. The Hall–Kier alpha value is -2.64.